The van der Waals surface area contributed by atoms with Crippen molar-refractivity contribution in [3.63, 3.8) is 0 Å². The number of halogens is 2. The summed E-state index contributed by atoms with van der Waals surface area (Å²) in [6.45, 7) is 0.156. The molecule has 0 saturated carbocycles. The Balaban J connectivity index is 2.11. The van der Waals surface area contributed by atoms with E-state index >= 15 is 0 Å². The molecule has 0 amide bonds. The fraction of sp³-hybridized carbons (Fsp3) is 0.273. The summed E-state index contributed by atoms with van der Waals surface area (Å²) < 4.78 is 51.8. The third-order valence-electron chi connectivity index (χ3n) is 2.46. The van der Waals surface area contributed by atoms with Crippen LogP contribution >= 0.6 is 0 Å². The van der Waals surface area contributed by atoms with Gasteiger partial charge in [-0.15, -0.1) is 5.10 Å². The lowest BCUT2D eigenvalue weighted by molar-refractivity contribution is 0.500. The summed E-state index contributed by atoms with van der Waals surface area (Å²) in [5.74, 6) is -1.99. The molecule has 2 rings (SSSR count). The molecule has 0 spiro atoms. The van der Waals surface area contributed by atoms with Crippen molar-refractivity contribution in [3.8, 4) is 5.69 Å². The van der Waals surface area contributed by atoms with Gasteiger partial charge in [-0.05, 0) is 12.1 Å². The van der Waals surface area contributed by atoms with Crippen LogP contribution in [0.2, 0.25) is 0 Å². The summed E-state index contributed by atoms with van der Waals surface area (Å²) in [6, 6.07) is 3.73. The van der Waals surface area contributed by atoms with Gasteiger partial charge >= 0.3 is 0 Å². The van der Waals surface area contributed by atoms with E-state index in [2.05, 4.69) is 15.0 Å². The maximum absolute atomic E-state index is 13.5. The van der Waals surface area contributed by atoms with Crippen LogP contribution in [0, 0.1) is 11.6 Å². The number of rotatable bonds is 5. The van der Waals surface area contributed by atoms with Gasteiger partial charge in [-0.25, -0.2) is 26.6 Å². The summed E-state index contributed by atoms with van der Waals surface area (Å²) >= 11 is 0. The minimum absolute atomic E-state index is 0.0557. The Bertz CT molecular complexity index is 715. The summed E-state index contributed by atoms with van der Waals surface area (Å²) in [6.07, 6.45) is 2.76. The Morgan fingerprint density at radius 3 is 2.80 bits per heavy atom. The minimum Gasteiger partial charge on any atom is -0.217 e. The van der Waals surface area contributed by atoms with Crippen molar-refractivity contribution in [2.45, 2.75) is 6.42 Å². The molecule has 108 valence electrons. The zero-order chi connectivity index (χ0) is 14.8. The van der Waals surface area contributed by atoms with Crippen molar-refractivity contribution in [1.29, 1.82) is 0 Å². The Labute approximate surface area is 114 Å². The van der Waals surface area contributed by atoms with Crippen LogP contribution in [0.25, 0.3) is 5.69 Å². The molecule has 0 atom stereocenters. The molecule has 0 bridgehead atoms. The van der Waals surface area contributed by atoms with Gasteiger partial charge in [0, 0.05) is 13.0 Å². The number of nitrogens with zero attached hydrogens (tertiary/aromatic N) is 3. The second-order valence-electron chi connectivity index (χ2n) is 4.14. The quantitative estimate of drug-likeness (QED) is 0.879. The highest BCUT2D eigenvalue weighted by Gasteiger charge is 2.11. The average Bonchev–Trinajstić information content (AvgIpc) is 2.79. The van der Waals surface area contributed by atoms with Gasteiger partial charge in [-0.2, -0.15) is 0 Å². The lowest BCUT2D eigenvalue weighted by atomic mass is 10.3. The SMILES string of the molecule is CS(=O)(=O)NCCc1cn(-c2cccc(F)c2F)nn1. The zero-order valence-corrected chi connectivity index (χ0v) is 11.4. The number of benzene rings is 1. The summed E-state index contributed by atoms with van der Waals surface area (Å²) in [5.41, 5.74) is 0.407. The van der Waals surface area contributed by atoms with Crippen molar-refractivity contribution in [2.24, 2.45) is 0 Å². The van der Waals surface area contributed by atoms with Crippen LogP contribution in [0.1, 0.15) is 5.69 Å². The zero-order valence-electron chi connectivity index (χ0n) is 10.5. The van der Waals surface area contributed by atoms with Crippen molar-refractivity contribution in [1.82, 2.24) is 19.7 Å². The van der Waals surface area contributed by atoms with Gasteiger partial charge < -0.3 is 0 Å². The molecule has 9 heteroatoms. The normalized spacial score (nSPS) is 11.8. The first-order valence-electron chi connectivity index (χ1n) is 5.67. The maximum Gasteiger partial charge on any atom is 0.208 e. The number of hydrogen-bond acceptors (Lipinski definition) is 4. The Hall–Kier alpha value is -1.87. The Morgan fingerprint density at radius 2 is 2.10 bits per heavy atom. The van der Waals surface area contributed by atoms with Crippen molar-refractivity contribution >= 4 is 10.0 Å². The number of hydrogen-bond donors (Lipinski definition) is 1. The summed E-state index contributed by atoms with van der Waals surface area (Å²) in [5, 5.41) is 7.46. The van der Waals surface area contributed by atoms with Crippen LogP contribution < -0.4 is 4.72 Å². The van der Waals surface area contributed by atoms with Gasteiger partial charge in [-0.3, -0.25) is 0 Å². The first-order valence-corrected chi connectivity index (χ1v) is 7.56. The molecule has 0 aliphatic heterocycles. The van der Waals surface area contributed by atoms with E-state index in [0.29, 0.717) is 12.1 Å². The highest BCUT2D eigenvalue weighted by atomic mass is 32.2. The smallest absolute Gasteiger partial charge is 0.208 e. The molecule has 0 fully saturated rings. The molecule has 0 aliphatic carbocycles. The molecule has 20 heavy (non-hydrogen) atoms. The molecule has 1 N–H and O–H groups in total. The molecule has 0 aliphatic rings. The molecule has 0 unspecified atom stereocenters. The van der Waals surface area contributed by atoms with E-state index in [9.17, 15) is 17.2 Å². The predicted octanol–water partition coefficient (Wildman–Crippen LogP) is 0.637. The molecular weight excluding hydrogens is 290 g/mol. The lowest BCUT2D eigenvalue weighted by Crippen LogP contribution is -2.24. The largest absolute Gasteiger partial charge is 0.217 e. The summed E-state index contributed by atoms with van der Waals surface area (Å²) in [7, 11) is -3.27. The topological polar surface area (TPSA) is 76.9 Å². The van der Waals surface area contributed by atoms with Crippen molar-refractivity contribution in [2.75, 3.05) is 12.8 Å². The monoisotopic (exact) mass is 302 g/mol. The highest BCUT2D eigenvalue weighted by Crippen LogP contribution is 2.15. The van der Waals surface area contributed by atoms with Crippen LogP contribution in [-0.2, 0) is 16.4 Å². The van der Waals surface area contributed by atoms with Crippen molar-refractivity contribution < 1.29 is 17.2 Å². The Morgan fingerprint density at radius 1 is 1.35 bits per heavy atom. The summed E-state index contributed by atoms with van der Waals surface area (Å²) in [4.78, 5) is 0. The number of nitrogens with one attached hydrogen (secondary N) is 1. The molecular formula is C11H12F2N4O2S. The first kappa shape index (κ1) is 14.5. The lowest BCUT2D eigenvalue weighted by Gasteiger charge is -2.02. The average molecular weight is 302 g/mol. The molecule has 0 radical (unpaired) electrons. The van der Waals surface area contributed by atoms with E-state index in [-0.39, 0.29) is 12.2 Å². The number of sulfonamides is 1. The van der Waals surface area contributed by atoms with E-state index < -0.39 is 21.7 Å². The van der Waals surface area contributed by atoms with E-state index in [4.69, 9.17) is 0 Å². The Kier molecular flexibility index (Phi) is 4.09. The fourth-order valence-corrected chi connectivity index (χ4v) is 2.04. The second-order valence-corrected chi connectivity index (χ2v) is 5.98. The molecule has 2 aromatic rings. The second kappa shape index (κ2) is 5.63. The molecule has 1 aromatic carbocycles. The van der Waals surface area contributed by atoms with Gasteiger partial charge in [0.05, 0.1) is 18.1 Å². The predicted molar refractivity (Wildman–Crippen MR) is 67.8 cm³/mol. The molecule has 1 heterocycles. The molecule has 6 nitrogen and oxygen atoms in total. The molecule has 0 saturated heterocycles. The van der Waals surface area contributed by atoms with Crippen LogP contribution in [0.4, 0.5) is 8.78 Å². The van der Waals surface area contributed by atoms with E-state index in [1.54, 1.807) is 0 Å². The van der Waals surface area contributed by atoms with E-state index in [0.717, 1.165) is 17.0 Å². The van der Waals surface area contributed by atoms with Crippen LogP contribution in [0.15, 0.2) is 24.4 Å². The highest BCUT2D eigenvalue weighted by molar-refractivity contribution is 7.88. The van der Waals surface area contributed by atoms with Gasteiger partial charge in [0.25, 0.3) is 0 Å². The van der Waals surface area contributed by atoms with Gasteiger partial charge in [-0.1, -0.05) is 11.3 Å². The van der Waals surface area contributed by atoms with Crippen LogP contribution in [0.3, 0.4) is 0 Å². The van der Waals surface area contributed by atoms with Crippen molar-refractivity contribution in [3.05, 3.63) is 41.7 Å². The molecule has 1 aromatic heterocycles. The van der Waals surface area contributed by atoms with Crippen LogP contribution in [0.5, 0.6) is 0 Å². The van der Waals surface area contributed by atoms with Gasteiger partial charge in [0.1, 0.15) is 5.69 Å². The fourth-order valence-electron chi connectivity index (χ4n) is 1.56. The van der Waals surface area contributed by atoms with Crippen LogP contribution in [-0.4, -0.2) is 36.2 Å². The van der Waals surface area contributed by atoms with E-state index in [1.165, 1.54) is 18.3 Å². The van der Waals surface area contributed by atoms with Gasteiger partial charge in [0.15, 0.2) is 11.6 Å². The standard InChI is InChI=1S/C11H12F2N4O2S/c1-20(18,19)14-6-5-8-7-17(16-15-8)10-4-2-3-9(12)11(10)13/h2-4,7,14H,5-6H2,1H3. The maximum atomic E-state index is 13.5. The number of aromatic nitrogens is 3. The minimum atomic E-state index is -3.27. The third-order valence-corrected chi connectivity index (χ3v) is 3.19. The van der Waals surface area contributed by atoms with Gasteiger partial charge in [0.2, 0.25) is 10.0 Å². The van der Waals surface area contributed by atoms with E-state index in [1.807, 2.05) is 0 Å². The third kappa shape index (κ3) is 3.58. The first-order chi connectivity index (χ1) is 9.37.